The number of methoxy groups -OCH3 is 1. The average molecular weight is 440 g/mol. The van der Waals surface area contributed by atoms with Crippen molar-refractivity contribution in [1.29, 1.82) is 0 Å². The molecule has 1 unspecified atom stereocenters. The molecule has 3 rings (SSSR count). The summed E-state index contributed by atoms with van der Waals surface area (Å²) < 4.78 is 8.17. The van der Waals surface area contributed by atoms with E-state index in [1.807, 2.05) is 43.3 Å². The smallest absolute Gasteiger partial charge is 0.245 e. The van der Waals surface area contributed by atoms with E-state index in [9.17, 15) is 9.59 Å². The largest absolute Gasteiger partial charge is 0.382 e. The van der Waals surface area contributed by atoms with E-state index in [-0.39, 0.29) is 25.0 Å². The molecule has 6 nitrogen and oxygen atoms in total. The first-order valence-electron chi connectivity index (χ1n) is 10.4. The Morgan fingerprint density at radius 2 is 1.90 bits per heavy atom. The quantitative estimate of drug-likeness (QED) is 0.496. The van der Waals surface area contributed by atoms with E-state index < -0.39 is 6.04 Å². The Morgan fingerprint density at radius 3 is 2.68 bits per heavy atom. The summed E-state index contributed by atoms with van der Waals surface area (Å²) in [4.78, 5) is 26.0. The summed E-state index contributed by atoms with van der Waals surface area (Å²) in [6.07, 6.45) is 4.15. The monoisotopic (exact) mass is 439 g/mol. The number of carbonyl (C=O) groups is 2. The van der Waals surface area contributed by atoms with Crippen LogP contribution in [0.3, 0.4) is 0 Å². The molecule has 1 atom stereocenters. The van der Waals surface area contributed by atoms with E-state index in [0.717, 1.165) is 23.3 Å². The molecular weight excluding hydrogens is 410 g/mol. The zero-order valence-corrected chi connectivity index (χ0v) is 18.8. The van der Waals surface area contributed by atoms with Gasteiger partial charge in [-0.25, -0.2) is 0 Å². The Kier molecular flexibility index (Phi) is 8.70. The van der Waals surface area contributed by atoms with E-state index in [2.05, 4.69) is 33.6 Å². The van der Waals surface area contributed by atoms with Crippen molar-refractivity contribution in [3.63, 3.8) is 0 Å². The summed E-state index contributed by atoms with van der Waals surface area (Å²) in [6.45, 7) is 2.65. The van der Waals surface area contributed by atoms with Crippen LogP contribution in [-0.2, 0) is 20.7 Å². The van der Waals surface area contributed by atoms with Crippen LogP contribution in [0.1, 0.15) is 23.1 Å². The van der Waals surface area contributed by atoms with Crippen molar-refractivity contribution in [1.82, 2.24) is 15.4 Å². The lowest BCUT2D eigenvalue weighted by molar-refractivity contribution is -0.129. The molecule has 3 N–H and O–H groups in total. The number of nitrogens with one attached hydrogen (secondary N) is 3. The Balaban J connectivity index is 1.47. The minimum absolute atomic E-state index is 0.0879. The fraction of sp³-hybridized carbons (Fsp3) is 0.333. The van der Waals surface area contributed by atoms with Crippen molar-refractivity contribution >= 4 is 29.3 Å². The van der Waals surface area contributed by atoms with Crippen LogP contribution in [0.25, 0.3) is 5.57 Å². The molecule has 31 heavy (non-hydrogen) atoms. The van der Waals surface area contributed by atoms with Crippen LogP contribution in [-0.4, -0.2) is 44.7 Å². The van der Waals surface area contributed by atoms with Gasteiger partial charge in [0.1, 0.15) is 6.04 Å². The Bertz CT molecular complexity index is 928. The molecular formula is C24H29N3O3S. The SMILES string of the molecule is COCC(NC(=O)CNSc1ccc(C)cc1)C(=O)NCC1=CCCc2ccccc21. The van der Waals surface area contributed by atoms with Crippen LogP contribution in [0.5, 0.6) is 0 Å². The molecule has 0 aliphatic heterocycles. The number of benzene rings is 2. The van der Waals surface area contributed by atoms with Gasteiger partial charge >= 0.3 is 0 Å². The average Bonchev–Trinajstić information content (AvgIpc) is 2.78. The number of aryl methyl sites for hydroxylation is 2. The van der Waals surface area contributed by atoms with Crippen LogP contribution < -0.4 is 15.4 Å². The van der Waals surface area contributed by atoms with Gasteiger partial charge in [0, 0.05) is 18.6 Å². The van der Waals surface area contributed by atoms with Crippen molar-refractivity contribution in [2.45, 2.75) is 30.7 Å². The van der Waals surface area contributed by atoms with Crippen LogP contribution in [0, 0.1) is 6.92 Å². The molecule has 2 aromatic rings. The van der Waals surface area contributed by atoms with Crippen molar-refractivity contribution < 1.29 is 14.3 Å². The number of allylic oxidation sites excluding steroid dienone is 1. The van der Waals surface area contributed by atoms with Crippen molar-refractivity contribution in [2.75, 3.05) is 26.8 Å². The van der Waals surface area contributed by atoms with Gasteiger partial charge in [-0.3, -0.25) is 14.3 Å². The standard InChI is InChI=1S/C24H29N3O3S/c1-17-10-12-20(13-11-17)31-26-15-23(28)27-22(16-30-2)24(29)25-14-19-8-5-7-18-6-3-4-9-21(18)19/h3-4,6,8-13,22,26H,5,7,14-16H2,1-2H3,(H,25,29)(H,27,28). The topological polar surface area (TPSA) is 79.5 Å². The van der Waals surface area contributed by atoms with Gasteiger partial charge < -0.3 is 15.4 Å². The van der Waals surface area contributed by atoms with Crippen LogP contribution in [0.2, 0.25) is 0 Å². The summed E-state index contributed by atoms with van der Waals surface area (Å²) in [5.74, 6) is -0.524. The van der Waals surface area contributed by atoms with Crippen molar-refractivity contribution in [3.8, 4) is 0 Å². The molecule has 164 valence electrons. The zero-order valence-electron chi connectivity index (χ0n) is 17.9. The molecule has 2 aromatic carbocycles. The highest BCUT2D eigenvalue weighted by atomic mass is 32.2. The summed E-state index contributed by atoms with van der Waals surface area (Å²) in [6, 6.07) is 15.5. The summed E-state index contributed by atoms with van der Waals surface area (Å²) in [7, 11) is 1.51. The summed E-state index contributed by atoms with van der Waals surface area (Å²) in [5, 5.41) is 5.69. The van der Waals surface area contributed by atoms with Gasteiger partial charge in [-0.15, -0.1) is 0 Å². The van der Waals surface area contributed by atoms with Crippen molar-refractivity contribution in [3.05, 3.63) is 71.3 Å². The first-order chi connectivity index (χ1) is 15.1. The molecule has 2 amide bonds. The van der Waals surface area contributed by atoms with Crippen molar-refractivity contribution in [2.24, 2.45) is 0 Å². The van der Waals surface area contributed by atoms with Gasteiger partial charge in [-0.05, 0) is 60.5 Å². The number of ether oxygens (including phenoxy) is 1. The van der Waals surface area contributed by atoms with E-state index in [1.165, 1.54) is 35.7 Å². The molecule has 0 heterocycles. The number of hydrogen-bond donors (Lipinski definition) is 3. The van der Waals surface area contributed by atoms with E-state index in [4.69, 9.17) is 4.74 Å². The van der Waals surface area contributed by atoms with Gasteiger partial charge in [0.05, 0.1) is 13.2 Å². The van der Waals surface area contributed by atoms with E-state index in [0.29, 0.717) is 6.54 Å². The highest BCUT2D eigenvalue weighted by Crippen LogP contribution is 2.25. The second-order valence-electron chi connectivity index (χ2n) is 7.45. The second-order valence-corrected chi connectivity index (χ2v) is 8.42. The van der Waals surface area contributed by atoms with Gasteiger partial charge in [0.2, 0.25) is 11.8 Å². The first kappa shape index (κ1) is 23.1. The number of fused-ring (bicyclic) bond motifs is 1. The molecule has 1 aliphatic rings. The molecule has 0 spiro atoms. The van der Waals surface area contributed by atoms with E-state index in [1.54, 1.807) is 0 Å². The fourth-order valence-electron chi connectivity index (χ4n) is 3.42. The predicted octanol–water partition coefficient (Wildman–Crippen LogP) is 2.87. The fourth-order valence-corrected chi connectivity index (χ4v) is 4.06. The molecule has 0 bridgehead atoms. The number of amides is 2. The highest BCUT2D eigenvalue weighted by molar-refractivity contribution is 7.97. The summed E-state index contributed by atoms with van der Waals surface area (Å²) in [5.41, 5.74) is 4.77. The Hall–Kier alpha value is -2.61. The second kappa shape index (κ2) is 11.7. The number of rotatable bonds is 10. The third-order valence-electron chi connectivity index (χ3n) is 5.05. The Morgan fingerprint density at radius 1 is 1.13 bits per heavy atom. The first-order valence-corrected chi connectivity index (χ1v) is 11.2. The molecule has 7 heteroatoms. The normalized spacial score (nSPS) is 13.7. The predicted molar refractivity (Wildman–Crippen MR) is 125 cm³/mol. The maximum Gasteiger partial charge on any atom is 0.245 e. The minimum Gasteiger partial charge on any atom is -0.382 e. The number of hydrogen-bond acceptors (Lipinski definition) is 5. The summed E-state index contributed by atoms with van der Waals surface area (Å²) >= 11 is 1.38. The zero-order chi connectivity index (χ0) is 22.1. The maximum atomic E-state index is 12.7. The van der Waals surface area contributed by atoms with Crippen LogP contribution >= 0.6 is 11.9 Å². The van der Waals surface area contributed by atoms with Gasteiger partial charge in [0.15, 0.2) is 0 Å². The van der Waals surface area contributed by atoms with Gasteiger partial charge in [-0.1, -0.05) is 48.0 Å². The lowest BCUT2D eigenvalue weighted by Crippen LogP contribution is -2.51. The Labute approximate surface area is 188 Å². The van der Waals surface area contributed by atoms with Gasteiger partial charge in [-0.2, -0.15) is 0 Å². The lowest BCUT2D eigenvalue weighted by Gasteiger charge is -2.21. The van der Waals surface area contributed by atoms with Gasteiger partial charge in [0.25, 0.3) is 0 Å². The number of carbonyl (C=O) groups excluding carboxylic acids is 2. The lowest BCUT2D eigenvalue weighted by atomic mass is 9.91. The molecule has 0 saturated carbocycles. The molecule has 0 radical (unpaired) electrons. The third-order valence-corrected chi connectivity index (χ3v) is 5.85. The third kappa shape index (κ3) is 6.95. The highest BCUT2D eigenvalue weighted by Gasteiger charge is 2.21. The molecule has 0 fully saturated rings. The van der Waals surface area contributed by atoms with Crippen LogP contribution in [0.15, 0.2) is 59.5 Å². The van der Waals surface area contributed by atoms with Crippen LogP contribution in [0.4, 0.5) is 0 Å². The molecule has 0 aromatic heterocycles. The van der Waals surface area contributed by atoms with E-state index >= 15 is 0 Å². The maximum absolute atomic E-state index is 12.7. The molecule has 1 aliphatic carbocycles. The molecule has 0 saturated heterocycles. The minimum atomic E-state index is -0.747.